The Balaban J connectivity index is 2.18. The number of nitrogens with one attached hydrogen (secondary N) is 2. The summed E-state index contributed by atoms with van der Waals surface area (Å²) < 4.78 is 11.6. The van der Waals surface area contributed by atoms with E-state index in [1.54, 1.807) is 34.4 Å². The summed E-state index contributed by atoms with van der Waals surface area (Å²) in [5.41, 5.74) is 1.81. The number of anilines is 1. The van der Waals surface area contributed by atoms with Crippen molar-refractivity contribution in [2.24, 2.45) is 4.99 Å². The fraction of sp³-hybridized carbons (Fsp3) is 0.300. The van der Waals surface area contributed by atoms with Gasteiger partial charge in [-0.05, 0) is 29.8 Å². The molecular weight excluding hydrogens is 424 g/mol. The van der Waals surface area contributed by atoms with Crippen molar-refractivity contribution in [3.05, 3.63) is 52.5 Å². The minimum absolute atomic E-state index is 0.0505. The van der Waals surface area contributed by atoms with Gasteiger partial charge in [-0.15, -0.1) is 0 Å². The minimum Gasteiger partial charge on any atom is -0.493 e. The molecule has 1 amide bonds. The van der Waals surface area contributed by atoms with Gasteiger partial charge in [-0.1, -0.05) is 28.1 Å². The molecule has 7 nitrogen and oxygen atoms in total. The molecule has 0 aliphatic heterocycles. The fourth-order valence-electron chi connectivity index (χ4n) is 2.27. The van der Waals surface area contributed by atoms with Crippen LogP contribution < -0.4 is 20.1 Å². The smallest absolute Gasteiger partial charge is 0.241 e. The number of carbonyl (C=O) groups is 1. The lowest BCUT2D eigenvalue weighted by Crippen LogP contribution is -2.39. The lowest BCUT2D eigenvalue weighted by Gasteiger charge is -2.16. The third-order valence-electron chi connectivity index (χ3n) is 3.89. The second kappa shape index (κ2) is 10.6. The molecule has 2 rings (SSSR count). The van der Waals surface area contributed by atoms with Crippen LogP contribution in [0.25, 0.3) is 0 Å². The number of amides is 1. The number of ether oxygens (including phenoxy) is 2. The van der Waals surface area contributed by atoms with Crippen LogP contribution in [0.3, 0.4) is 0 Å². The zero-order chi connectivity index (χ0) is 20.5. The number of carbonyl (C=O) groups excluding carboxylic acids is 1. The van der Waals surface area contributed by atoms with E-state index in [2.05, 4.69) is 31.6 Å². The zero-order valence-electron chi connectivity index (χ0n) is 16.5. The Labute approximate surface area is 173 Å². The predicted molar refractivity (Wildman–Crippen MR) is 115 cm³/mol. The Bertz CT molecular complexity index is 823. The highest BCUT2D eigenvalue weighted by atomic mass is 79.9. The Morgan fingerprint density at radius 1 is 1.07 bits per heavy atom. The van der Waals surface area contributed by atoms with E-state index in [-0.39, 0.29) is 12.5 Å². The number of halogens is 1. The standard InChI is InChI=1S/C20H25BrN4O3/c1-25(2)19(26)13-23-20(22-12-14-5-7-15(21)8-6-14)24-16-9-10-17(27-3)18(11-16)28-4/h5-11H,12-13H2,1-4H3,(H2,22,23,24). The van der Waals surface area contributed by atoms with E-state index in [1.165, 1.54) is 4.90 Å². The molecule has 28 heavy (non-hydrogen) atoms. The van der Waals surface area contributed by atoms with Gasteiger partial charge in [0.25, 0.3) is 0 Å². The van der Waals surface area contributed by atoms with Crippen LogP contribution in [0, 0.1) is 0 Å². The molecule has 0 spiro atoms. The van der Waals surface area contributed by atoms with Gasteiger partial charge in [0.05, 0.1) is 27.3 Å². The summed E-state index contributed by atoms with van der Waals surface area (Å²) in [6, 6.07) is 13.4. The van der Waals surface area contributed by atoms with Crippen LogP contribution in [0.2, 0.25) is 0 Å². The molecule has 0 radical (unpaired) electrons. The van der Waals surface area contributed by atoms with E-state index in [9.17, 15) is 4.79 Å². The van der Waals surface area contributed by atoms with Gasteiger partial charge in [0.2, 0.25) is 5.91 Å². The average Bonchev–Trinajstić information content (AvgIpc) is 2.70. The van der Waals surface area contributed by atoms with Gasteiger partial charge in [-0.2, -0.15) is 0 Å². The van der Waals surface area contributed by atoms with Crippen molar-refractivity contribution < 1.29 is 14.3 Å². The largest absolute Gasteiger partial charge is 0.493 e. The van der Waals surface area contributed by atoms with Crippen molar-refractivity contribution >= 4 is 33.5 Å². The first kappa shape index (κ1) is 21.6. The van der Waals surface area contributed by atoms with Crippen LogP contribution in [0.15, 0.2) is 51.9 Å². The maximum atomic E-state index is 11.9. The number of rotatable bonds is 7. The summed E-state index contributed by atoms with van der Waals surface area (Å²) in [4.78, 5) is 18.0. The van der Waals surface area contributed by atoms with E-state index in [1.807, 2.05) is 36.4 Å². The summed E-state index contributed by atoms with van der Waals surface area (Å²) in [5, 5.41) is 6.27. The van der Waals surface area contributed by atoms with Gasteiger partial charge in [-0.3, -0.25) is 4.79 Å². The number of hydrogen-bond donors (Lipinski definition) is 2. The quantitative estimate of drug-likeness (QED) is 0.502. The lowest BCUT2D eigenvalue weighted by atomic mass is 10.2. The third-order valence-corrected chi connectivity index (χ3v) is 4.41. The molecule has 0 saturated carbocycles. The zero-order valence-corrected chi connectivity index (χ0v) is 18.0. The predicted octanol–water partition coefficient (Wildman–Crippen LogP) is 3.11. The summed E-state index contributed by atoms with van der Waals surface area (Å²) >= 11 is 3.42. The van der Waals surface area contributed by atoms with Gasteiger partial charge in [0.15, 0.2) is 17.5 Å². The molecule has 150 valence electrons. The molecular formula is C20H25BrN4O3. The van der Waals surface area contributed by atoms with Crippen molar-refractivity contribution in [2.45, 2.75) is 6.54 Å². The second-order valence-electron chi connectivity index (χ2n) is 6.13. The van der Waals surface area contributed by atoms with E-state index in [0.717, 1.165) is 15.7 Å². The SMILES string of the molecule is COc1ccc(NC(=NCc2ccc(Br)cc2)NCC(=O)N(C)C)cc1OC. The van der Waals surface area contributed by atoms with Crippen molar-refractivity contribution in [3.63, 3.8) is 0 Å². The monoisotopic (exact) mass is 448 g/mol. The molecule has 0 aliphatic carbocycles. The van der Waals surface area contributed by atoms with Gasteiger partial charge in [-0.25, -0.2) is 4.99 Å². The molecule has 0 atom stereocenters. The summed E-state index contributed by atoms with van der Waals surface area (Å²) in [6.45, 7) is 0.596. The molecule has 0 heterocycles. The fourth-order valence-corrected chi connectivity index (χ4v) is 2.53. The molecule has 0 bridgehead atoms. The van der Waals surface area contributed by atoms with Gasteiger partial charge >= 0.3 is 0 Å². The van der Waals surface area contributed by atoms with Crippen molar-refractivity contribution in [2.75, 3.05) is 40.2 Å². The Morgan fingerprint density at radius 2 is 1.75 bits per heavy atom. The highest BCUT2D eigenvalue weighted by molar-refractivity contribution is 9.10. The van der Waals surface area contributed by atoms with Gasteiger partial charge in [0.1, 0.15) is 0 Å². The van der Waals surface area contributed by atoms with E-state index in [4.69, 9.17) is 9.47 Å². The molecule has 2 aromatic carbocycles. The van der Waals surface area contributed by atoms with Crippen LogP contribution in [0.4, 0.5) is 5.69 Å². The third kappa shape index (κ3) is 6.45. The molecule has 2 aromatic rings. The Hall–Kier alpha value is -2.74. The highest BCUT2D eigenvalue weighted by Gasteiger charge is 2.09. The van der Waals surface area contributed by atoms with Crippen LogP contribution in [0.1, 0.15) is 5.56 Å². The first-order chi connectivity index (χ1) is 13.4. The lowest BCUT2D eigenvalue weighted by molar-refractivity contribution is -0.127. The molecule has 8 heteroatoms. The first-order valence-corrected chi connectivity index (χ1v) is 9.44. The van der Waals surface area contributed by atoms with E-state index >= 15 is 0 Å². The highest BCUT2D eigenvalue weighted by Crippen LogP contribution is 2.29. The molecule has 0 saturated heterocycles. The van der Waals surface area contributed by atoms with Gasteiger partial charge in [0, 0.05) is 30.3 Å². The topological polar surface area (TPSA) is 75.2 Å². The van der Waals surface area contributed by atoms with E-state index < -0.39 is 0 Å². The number of aliphatic imine (C=N–C) groups is 1. The van der Waals surface area contributed by atoms with Crippen molar-refractivity contribution in [1.29, 1.82) is 0 Å². The summed E-state index contributed by atoms with van der Waals surface area (Å²) in [5.74, 6) is 1.68. The van der Waals surface area contributed by atoms with Crippen LogP contribution in [0.5, 0.6) is 11.5 Å². The summed E-state index contributed by atoms with van der Waals surface area (Å²) in [6.07, 6.45) is 0. The Kier molecular flexibility index (Phi) is 8.13. The molecule has 0 unspecified atom stereocenters. The van der Waals surface area contributed by atoms with Gasteiger partial charge < -0.3 is 25.0 Å². The molecule has 2 N–H and O–H groups in total. The summed E-state index contributed by atoms with van der Waals surface area (Å²) in [7, 11) is 6.59. The normalized spacial score (nSPS) is 11.0. The Morgan fingerprint density at radius 3 is 2.36 bits per heavy atom. The maximum absolute atomic E-state index is 11.9. The van der Waals surface area contributed by atoms with Crippen LogP contribution in [-0.2, 0) is 11.3 Å². The number of methoxy groups -OCH3 is 2. The number of guanidine groups is 1. The molecule has 0 aromatic heterocycles. The molecule has 0 aliphatic rings. The minimum atomic E-state index is -0.0505. The van der Waals surface area contributed by atoms with Crippen LogP contribution in [-0.4, -0.2) is 51.6 Å². The van der Waals surface area contributed by atoms with E-state index in [0.29, 0.717) is 24.0 Å². The van der Waals surface area contributed by atoms with Crippen molar-refractivity contribution in [3.8, 4) is 11.5 Å². The number of hydrogen-bond acceptors (Lipinski definition) is 4. The van der Waals surface area contributed by atoms with Crippen molar-refractivity contribution in [1.82, 2.24) is 10.2 Å². The molecule has 0 fully saturated rings. The number of nitrogens with zero attached hydrogens (tertiary/aromatic N) is 2. The first-order valence-electron chi connectivity index (χ1n) is 8.65. The van der Waals surface area contributed by atoms with Crippen LogP contribution >= 0.6 is 15.9 Å². The number of likely N-dealkylation sites (N-methyl/N-ethyl adjacent to an activating group) is 1. The number of benzene rings is 2. The second-order valence-corrected chi connectivity index (χ2v) is 7.04. The average molecular weight is 449 g/mol. The maximum Gasteiger partial charge on any atom is 0.241 e.